The fourth-order valence-corrected chi connectivity index (χ4v) is 1.85. The summed E-state index contributed by atoms with van der Waals surface area (Å²) < 4.78 is 5.69. The van der Waals surface area contributed by atoms with Crippen LogP contribution in [0.25, 0.3) is 0 Å². The van der Waals surface area contributed by atoms with Crippen LogP contribution in [0, 0.1) is 11.3 Å². The normalized spacial score (nSPS) is 10.7. The monoisotopic (exact) mass is 310 g/mol. The number of aliphatic hydroxyl groups excluding tert-OH is 1. The average molecular weight is 310 g/mol. The van der Waals surface area contributed by atoms with Crippen LogP contribution in [0.4, 0.5) is 0 Å². The van der Waals surface area contributed by atoms with Crippen LogP contribution in [0.1, 0.15) is 29.8 Å². The van der Waals surface area contributed by atoms with E-state index in [1.54, 1.807) is 62.4 Å². The lowest BCUT2D eigenvalue weighted by Gasteiger charge is -2.23. The predicted octanol–water partition coefficient (Wildman–Crippen LogP) is 2.85. The lowest BCUT2D eigenvalue weighted by molar-refractivity contribution is 0.0869. The van der Waals surface area contributed by atoms with Gasteiger partial charge in [0.2, 0.25) is 0 Å². The van der Waals surface area contributed by atoms with E-state index in [2.05, 4.69) is 5.32 Å². The standard InChI is InChI=1S/C18H18N2O3/c1-18(2,12-21)20-17(22)14-4-3-5-16(10-14)23-15-8-6-13(11-19)7-9-15/h3-10,21H,12H2,1-2H3,(H,20,22). The second kappa shape index (κ2) is 6.95. The van der Waals surface area contributed by atoms with Crippen molar-refractivity contribution in [1.29, 1.82) is 5.26 Å². The lowest BCUT2D eigenvalue weighted by atomic mass is 10.1. The number of nitriles is 1. The van der Waals surface area contributed by atoms with Crippen molar-refractivity contribution in [3.63, 3.8) is 0 Å². The fraction of sp³-hybridized carbons (Fsp3) is 0.222. The summed E-state index contributed by atoms with van der Waals surface area (Å²) in [5.74, 6) is 0.815. The van der Waals surface area contributed by atoms with Crippen LogP contribution >= 0.6 is 0 Å². The average Bonchev–Trinajstić information content (AvgIpc) is 2.55. The van der Waals surface area contributed by atoms with Gasteiger partial charge in [0.05, 0.1) is 23.8 Å². The molecule has 2 aromatic carbocycles. The predicted molar refractivity (Wildman–Crippen MR) is 86.3 cm³/mol. The maximum atomic E-state index is 12.2. The largest absolute Gasteiger partial charge is 0.457 e. The van der Waals surface area contributed by atoms with E-state index in [1.165, 1.54) is 0 Å². The quantitative estimate of drug-likeness (QED) is 0.889. The zero-order chi connectivity index (χ0) is 16.9. The van der Waals surface area contributed by atoms with Crippen molar-refractivity contribution >= 4 is 5.91 Å². The van der Waals surface area contributed by atoms with E-state index in [-0.39, 0.29) is 12.5 Å². The Bertz CT molecular complexity index is 731. The summed E-state index contributed by atoms with van der Waals surface area (Å²) in [6, 6.07) is 15.5. The van der Waals surface area contributed by atoms with Gasteiger partial charge in [-0.25, -0.2) is 0 Å². The van der Waals surface area contributed by atoms with Gasteiger partial charge in [0, 0.05) is 5.56 Å². The van der Waals surface area contributed by atoms with Crippen LogP contribution in [0.5, 0.6) is 11.5 Å². The molecular formula is C18H18N2O3. The molecule has 23 heavy (non-hydrogen) atoms. The van der Waals surface area contributed by atoms with Crippen LogP contribution in [0.2, 0.25) is 0 Å². The van der Waals surface area contributed by atoms with E-state index in [9.17, 15) is 9.90 Å². The third-order valence-corrected chi connectivity index (χ3v) is 3.16. The van der Waals surface area contributed by atoms with E-state index in [0.717, 1.165) is 0 Å². The number of ether oxygens (including phenoxy) is 1. The van der Waals surface area contributed by atoms with Gasteiger partial charge in [0.25, 0.3) is 5.91 Å². The highest BCUT2D eigenvalue weighted by molar-refractivity contribution is 5.95. The molecule has 0 aliphatic heterocycles. The molecule has 5 nitrogen and oxygen atoms in total. The topological polar surface area (TPSA) is 82.3 Å². The number of carbonyl (C=O) groups is 1. The van der Waals surface area contributed by atoms with Crippen molar-refractivity contribution in [3.05, 3.63) is 59.7 Å². The highest BCUT2D eigenvalue weighted by Crippen LogP contribution is 2.22. The Morgan fingerprint density at radius 3 is 2.52 bits per heavy atom. The van der Waals surface area contributed by atoms with Gasteiger partial charge >= 0.3 is 0 Å². The first-order valence-corrected chi connectivity index (χ1v) is 7.15. The number of nitrogens with one attached hydrogen (secondary N) is 1. The molecule has 0 saturated carbocycles. The van der Waals surface area contributed by atoms with Crippen molar-refractivity contribution < 1.29 is 14.6 Å². The number of rotatable bonds is 5. The van der Waals surface area contributed by atoms with Gasteiger partial charge in [0.1, 0.15) is 11.5 Å². The molecule has 118 valence electrons. The first-order valence-electron chi connectivity index (χ1n) is 7.15. The highest BCUT2D eigenvalue weighted by atomic mass is 16.5. The SMILES string of the molecule is CC(C)(CO)NC(=O)c1cccc(Oc2ccc(C#N)cc2)c1. The summed E-state index contributed by atoms with van der Waals surface area (Å²) in [5, 5.41) is 20.7. The van der Waals surface area contributed by atoms with Gasteiger partial charge in [-0.2, -0.15) is 5.26 Å². The van der Waals surface area contributed by atoms with Gasteiger partial charge in [0.15, 0.2) is 0 Å². The smallest absolute Gasteiger partial charge is 0.251 e. The van der Waals surface area contributed by atoms with E-state index < -0.39 is 5.54 Å². The first-order chi connectivity index (χ1) is 10.9. The third-order valence-electron chi connectivity index (χ3n) is 3.16. The molecule has 0 aromatic heterocycles. The molecule has 0 bridgehead atoms. The molecule has 1 amide bonds. The van der Waals surface area contributed by atoms with E-state index >= 15 is 0 Å². The molecule has 0 aliphatic carbocycles. The molecule has 0 saturated heterocycles. The summed E-state index contributed by atoms with van der Waals surface area (Å²) in [6.45, 7) is 3.32. The van der Waals surface area contributed by atoms with Crippen LogP contribution < -0.4 is 10.1 Å². The molecule has 2 rings (SSSR count). The Balaban J connectivity index is 2.13. The maximum Gasteiger partial charge on any atom is 0.251 e. The van der Waals surface area contributed by atoms with Crippen molar-refractivity contribution in [2.75, 3.05) is 6.61 Å². The van der Waals surface area contributed by atoms with Crippen molar-refractivity contribution in [1.82, 2.24) is 5.32 Å². The van der Waals surface area contributed by atoms with Crippen LogP contribution in [0.15, 0.2) is 48.5 Å². The van der Waals surface area contributed by atoms with Crippen LogP contribution in [0.3, 0.4) is 0 Å². The number of benzene rings is 2. The van der Waals surface area contributed by atoms with Crippen molar-refractivity contribution in [3.8, 4) is 17.6 Å². The number of hydrogen-bond donors (Lipinski definition) is 2. The van der Waals surface area contributed by atoms with Gasteiger partial charge in [-0.1, -0.05) is 6.07 Å². The Labute approximate surface area is 135 Å². The maximum absolute atomic E-state index is 12.2. The number of amides is 1. The van der Waals surface area contributed by atoms with E-state index in [4.69, 9.17) is 10.00 Å². The molecule has 2 aromatic rings. The van der Waals surface area contributed by atoms with Crippen molar-refractivity contribution in [2.45, 2.75) is 19.4 Å². The minimum atomic E-state index is -0.693. The summed E-state index contributed by atoms with van der Waals surface area (Å²) in [4.78, 5) is 12.2. The molecule has 0 aliphatic rings. The minimum Gasteiger partial charge on any atom is -0.457 e. The Morgan fingerprint density at radius 2 is 1.91 bits per heavy atom. The molecule has 0 spiro atoms. The highest BCUT2D eigenvalue weighted by Gasteiger charge is 2.20. The van der Waals surface area contributed by atoms with E-state index in [1.807, 2.05) is 6.07 Å². The second-order valence-electron chi connectivity index (χ2n) is 5.76. The Hall–Kier alpha value is -2.84. The molecule has 0 unspecified atom stereocenters. The summed E-state index contributed by atoms with van der Waals surface area (Å²) >= 11 is 0. The molecular weight excluding hydrogens is 292 g/mol. The Morgan fingerprint density at radius 1 is 1.22 bits per heavy atom. The molecule has 0 fully saturated rings. The lowest BCUT2D eigenvalue weighted by Crippen LogP contribution is -2.46. The molecule has 2 N–H and O–H groups in total. The number of aliphatic hydroxyl groups is 1. The van der Waals surface area contributed by atoms with Crippen molar-refractivity contribution in [2.24, 2.45) is 0 Å². The first kappa shape index (κ1) is 16.5. The number of nitrogens with zero attached hydrogens (tertiary/aromatic N) is 1. The summed E-state index contributed by atoms with van der Waals surface area (Å²) in [7, 11) is 0. The molecule has 0 radical (unpaired) electrons. The molecule has 5 heteroatoms. The van der Waals surface area contributed by atoms with Crippen LogP contribution in [-0.4, -0.2) is 23.2 Å². The van der Waals surface area contributed by atoms with Crippen LogP contribution in [-0.2, 0) is 0 Å². The van der Waals surface area contributed by atoms with Gasteiger partial charge in [-0.05, 0) is 56.3 Å². The van der Waals surface area contributed by atoms with Gasteiger partial charge in [-0.3, -0.25) is 4.79 Å². The number of hydrogen-bond acceptors (Lipinski definition) is 4. The number of carbonyl (C=O) groups excluding carboxylic acids is 1. The Kier molecular flexibility index (Phi) is 4.99. The zero-order valence-corrected chi connectivity index (χ0v) is 13.0. The molecule has 0 atom stereocenters. The summed E-state index contributed by atoms with van der Waals surface area (Å²) in [5.41, 5.74) is 0.301. The van der Waals surface area contributed by atoms with E-state index in [0.29, 0.717) is 22.6 Å². The van der Waals surface area contributed by atoms with Gasteiger partial charge in [-0.15, -0.1) is 0 Å². The minimum absolute atomic E-state index is 0.153. The summed E-state index contributed by atoms with van der Waals surface area (Å²) in [6.07, 6.45) is 0. The second-order valence-corrected chi connectivity index (χ2v) is 5.76. The molecule has 0 heterocycles. The zero-order valence-electron chi connectivity index (χ0n) is 13.0. The van der Waals surface area contributed by atoms with Gasteiger partial charge < -0.3 is 15.2 Å². The third kappa shape index (κ3) is 4.56. The fourth-order valence-electron chi connectivity index (χ4n) is 1.85.